The molecule has 26 heavy (non-hydrogen) atoms. The van der Waals surface area contributed by atoms with Gasteiger partial charge in [0.25, 0.3) is 0 Å². The van der Waals surface area contributed by atoms with E-state index >= 15 is 0 Å². The summed E-state index contributed by atoms with van der Waals surface area (Å²) in [6.07, 6.45) is 3.88. The van der Waals surface area contributed by atoms with Crippen LogP contribution in [0.1, 0.15) is 18.9 Å². The first kappa shape index (κ1) is 19.4. The summed E-state index contributed by atoms with van der Waals surface area (Å²) in [5.74, 6) is -0.0455. The molecule has 0 saturated heterocycles. The zero-order valence-corrected chi connectivity index (χ0v) is 14.9. The van der Waals surface area contributed by atoms with Crippen molar-refractivity contribution in [1.82, 2.24) is 4.98 Å². The minimum atomic E-state index is -1.22. The van der Waals surface area contributed by atoms with E-state index in [-0.39, 0.29) is 24.9 Å². The number of carbonyl (C=O) groups is 2. The quantitative estimate of drug-likeness (QED) is 0.700. The summed E-state index contributed by atoms with van der Waals surface area (Å²) < 4.78 is 10.2. The maximum atomic E-state index is 12.5. The Kier molecular flexibility index (Phi) is 6.68. The number of ether oxygens (including phenoxy) is 2. The van der Waals surface area contributed by atoms with Crippen LogP contribution in [0.15, 0.2) is 48.8 Å². The van der Waals surface area contributed by atoms with Gasteiger partial charge in [-0.3, -0.25) is 14.6 Å². The second-order valence-corrected chi connectivity index (χ2v) is 6.13. The van der Waals surface area contributed by atoms with Crippen LogP contribution in [-0.2, 0) is 20.7 Å². The minimum absolute atomic E-state index is 0.0261. The number of hydrogen-bond donors (Lipinski definition) is 2. The molecule has 0 saturated carbocycles. The zero-order chi connectivity index (χ0) is 19.0. The monoisotopic (exact) mass is 357 g/mol. The first-order chi connectivity index (χ1) is 12.4. The third-order valence-corrected chi connectivity index (χ3v) is 3.70. The van der Waals surface area contributed by atoms with Gasteiger partial charge in [0.05, 0.1) is 19.0 Å². The van der Waals surface area contributed by atoms with Gasteiger partial charge >= 0.3 is 5.97 Å². The van der Waals surface area contributed by atoms with E-state index in [1.165, 1.54) is 13.3 Å². The number of methoxy groups -OCH3 is 1. The van der Waals surface area contributed by atoms with Gasteiger partial charge < -0.3 is 20.5 Å². The summed E-state index contributed by atoms with van der Waals surface area (Å²) in [5, 5.41) is 2.74. The van der Waals surface area contributed by atoms with Crippen LogP contribution in [0.4, 0.5) is 5.69 Å². The molecule has 1 aromatic carbocycles. The van der Waals surface area contributed by atoms with E-state index in [1.54, 1.807) is 31.3 Å². The van der Waals surface area contributed by atoms with Crippen molar-refractivity contribution >= 4 is 17.6 Å². The molecule has 2 aromatic rings. The third kappa shape index (κ3) is 5.86. The third-order valence-electron chi connectivity index (χ3n) is 3.70. The van der Waals surface area contributed by atoms with Crippen LogP contribution in [0, 0.1) is 0 Å². The number of aryl methyl sites for hydroxylation is 1. The number of benzene rings is 1. The Labute approximate surface area is 152 Å². The molecule has 3 N–H and O–H groups in total. The summed E-state index contributed by atoms with van der Waals surface area (Å²) in [5.41, 5.74) is 6.19. The molecule has 1 amide bonds. The van der Waals surface area contributed by atoms with Gasteiger partial charge in [0, 0.05) is 12.6 Å². The van der Waals surface area contributed by atoms with E-state index in [1.807, 2.05) is 18.2 Å². The van der Waals surface area contributed by atoms with Gasteiger partial charge in [0.15, 0.2) is 0 Å². The predicted octanol–water partition coefficient (Wildman–Crippen LogP) is 1.92. The Morgan fingerprint density at radius 1 is 1.23 bits per heavy atom. The van der Waals surface area contributed by atoms with Crippen LogP contribution in [-0.4, -0.2) is 36.1 Å². The smallest absolute Gasteiger partial charge is 0.305 e. The maximum absolute atomic E-state index is 12.5. The summed E-state index contributed by atoms with van der Waals surface area (Å²) in [6, 6.07) is 10.9. The summed E-state index contributed by atoms with van der Waals surface area (Å²) in [7, 11) is 1.34. The number of carbonyl (C=O) groups excluding carboxylic acids is 2. The zero-order valence-electron chi connectivity index (χ0n) is 14.9. The molecule has 7 nitrogen and oxygen atoms in total. The topological polar surface area (TPSA) is 104 Å². The Bertz CT molecular complexity index is 747. The average Bonchev–Trinajstić information content (AvgIpc) is 2.65. The molecular weight excluding hydrogens is 334 g/mol. The fourth-order valence-electron chi connectivity index (χ4n) is 2.13. The van der Waals surface area contributed by atoms with Crippen LogP contribution in [0.2, 0.25) is 0 Å². The molecule has 1 heterocycles. The van der Waals surface area contributed by atoms with E-state index in [0.717, 1.165) is 5.56 Å². The molecule has 0 radical (unpaired) electrons. The van der Waals surface area contributed by atoms with Gasteiger partial charge in [-0.05, 0) is 37.1 Å². The van der Waals surface area contributed by atoms with E-state index < -0.39 is 5.54 Å². The van der Waals surface area contributed by atoms with Crippen LogP contribution in [0.5, 0.6) is 5.75 Å². The van der Waals surface area contributed by atoms with E-state index in [2.05, 4.69) is 15.0 Å². The summed E-state index contributed by atoms with van der Waals surface area (Å²) in [6.45, 7) is 1.62. The number of nitrogens with one attached hydrogen (secondary N) is 1. The van der Waals surface area contributed by atoms with Crippen molar-refractivity contribution in [1.29, 1.82) is 0 Å². The molecule has 0 spiro atoms. The lowest BCUT2D eigenvalue weighted by atomic mass is 10.0. The Balaban J connectivity index is 1.94. The molecule has 7 heteroatoms. The molecule has 138 valence electrons. The summed E-state index contributed by atoms with van der Waals surface area (Å²) >= 11 is 0. The highest BCUT2D eigenvalue weighted by atomic mass is 16.5. The first-order valence-electron chi connectivity index (χ1n) is 8.19. The minimum Gasteiger partial charge on any atom is -0.491 e. The number of nitrogens with zero attached hydrogens (tertiary/aromatic N) is 1. The molecular formula is C19H23N3O4. The second kappa shape index (κ2) is 8.96. The Hall–Kier alpha value is -2.93. The molecule has 0 aliphatic carbocycles. The molecule has 0 aliphatic heterocycles. The van der Waals surface area contributed by atoms with Crippen molar-refractivity contribution in [2.24, 2.45) is 5.73 Å². The normalized spacial score (nSPS) is 12.7. The predicted molar refractivity (Wildman–Crippen MR) is 97.7 cm³/mol. The molecule has 1 atom stereocenters. The fraction of sp³-hybridized carbons (Fsp3) is 0.316. The molecule has 0 aliphatic rings. The van der Waals surface area contributed by atoms with Crippen molar-refractivity contribution in [3.8, 4) is 5.75 Å². The lowest BCUT2D eigenvalue weighted by Gasteiger charge is -2.23. The van der Waals surface area contributed by atoms with E-state index in [4.69, 9.17) is 10.5 Å². The van der Waals surface area contributed by atoms with Crippen molar-refractivity contribution in [2.75, 3.05) is 19.0 Å². The highest BCUT2D eigenvalue weighted by Crippen LogP contribution is 2.15. The number of pyridine rings is 1. The molecule has 2 rings (SSSR count). The Morgan fingerprint density at radius 3 is 2.65 bits per heavy atom. The summed E-state index contributed by atoms with van der Waals surface area (Å²) in [4.78, 5) is 27.8. The van der Waals surface area contributed by atoms with E-state index in [9.17, 15) is 9.59 Å². The first-order valence-corrected chi connectivity index (χ1v) is 8.19. The van der Waals surface area contributed by atoms with Crippen LogP contribution < -0.4 is 15.8 Å². The van der Waals surface area contributed by atoms with Gasteiger partial charge in [-0.1, -0.05) is 18.2 Å². The molecule has 0 bridgehead atoms. The van der Waals surface area contributed by atoms with Crippen molar-refractivity contribution in [2.45, 2.75) is 25.3 Å². The molecule has 1 aromatic heterocycles. The maximum Gasteiger partial charge on any atom is 0.305 e. The highest BCUT2D eigenvalue weighted by molar-refractivity contribution is 5.97. The van der Waals surface area contributed by atoms with Crippen molar-refractivity contribution < 1.29 is 19.1 Å². The fourth-order valence-corrected chi connectivity index (χ4v) is 2.13. The largest absolute Gasteiger partial charge is 0.491 e. The van der Waals surface area contributed by atoms with E-state index in [0.29, 0.717) is 17.9 Å². The number of aromatic nitrogens is 1. The average molecular weight is 357 g/mol. The lowest BCUT2D eigenvalue weighted by Crippen LogP contribution is -2.53. The standard InChI is InChI=1S/C19H23N3O4/c1-19(20,13-26-16-6-4-3-5-7-16)18(24)22-15-10-14(11-21-12-15)8-9-17(23)25-2/h3-7,10-12H,8-9,13,20H2,1-2H3,(H,22,24). The number of hydrogen-bond acceptors (Lipinski definition) is 6. The van der Waals surface area contributed by atoms with Gasteiger partial charge in [-0.25, -0.2) is 0 Å². The van der Waals surface area contributed by atoms with Crippen LogP contribution >= 0.6 is 0 Å². The molecule has 0 fully saturated rings. The van der Waals surface area contributed by atoms with Gasteiger partial charge in [-0.15, -0.1) is 0 Å². The molecule has 1 unspecified atom stereocenters. The second-order valence-electron chi connectivity index (χ2n) is 6.13. The number of rotatable bonds is 8. The lowest BCUT2D eigenvalue weighted by molar-refractivity contribution is -0.140. The number of amides is 1. The van der Waals surface area contributed by atoms with Crippen molar-refractivity contribution in [3.63, 3.8) is 0 Å². The van der Waals surface area contributed by atoms with Crippen LogP contribution in [0.25, 0.3) is 0 Å². The Morgan fingerprint density at radius 2 is 1.96 bits per heavy atom. The van der Waals surface area contributed by atoms with Gasteiger partial charge in [-0.2, -0.15) is 0 Å². The number of para-hydroxylation sites is 1. The van der Waals surface area contributed by atoms with Crippen molar-refractivity contribution in [3.05, 3.63) is 54.4 Å². The number of esters is 1. The number of anilines is 1. The van der Waals surface area contributed by atoms with Gasteiger partial charge in [0.1, 0.15) is 17.9 Å². The number of nitrogens with two attached hydrogens (primary N) is 1. The SMILES string of the molecule is COC(=O)CCc1cncc(NC(=O)C(C)(N)COc2ccccc2)c1. The highest BCUT2D eigenvalue weighted by Gasteiger charge is 2.29. The van der Waals surface area contributed by atoms with Crippen LogP contribution in [0.3, 0.4) is 0 Å². The van der Waals surface area contributed by atoms with Gasteiger partial charge in [0.2, 0.25) is 5.91 Å².